The van der Waals surface area contributed by atoms with Gasteiger partial charge in [0.2, 0.25) is 5.82 Å². The maximum absolute atomic E-state index is 12.0. The van der Waals surface area contributed by atoms with Crippen LogP contribution in [0.4, 0.5) is 0 Å². The van der Waals surface area contributed by atoms with Crippen molar-refractivity contribution in [2.24, 2.45) is 0 Å². The summed E-state index contributed by atoms with van der Waals surface area (Å²) in [6.07, 6.45) is 1.21. The van der Waals surface area contributed by atoms with Gasteiger partial charge in [0, 0.05) is 11.8 Å². The third kappa shape index (κ3) is 3.51. The summed E-state index contributed by atoms with van der Waals surface area (Å²) in [5.74, 6) is -0.247. The minimum atomic E-state index is -0.780. The van der Waals surface area contributed by atoms with Gasteiger partial charge in [-0.3, -0.25) is 0 Å². The van der Waals surface area contributed by atoms with E-state index in [1.54, 1.807) is 0 Å². The summed E-state index contributed by atoms with van der Waals surface area (Å²) in [4.78, 5) is 20.0. The smallest absolute Gasteiger partial charge is 0.359 e. The van der Waals surface area contributed by atoms with Crippen molar-refractivity contribution < 1.29 is 14.1 Å². The number of aromatic nitrogens is 3. The van der Waals surface area contributed by atoms with Crippen LogP contribution in [0.15, 0.2) is 41.1 Å². The largest absolute Gasteiger partial charge is 0.451 e. The molecule has 0 atom stereocenters. The van der Waals surface area contributed by atoms with E-state index in [1.165, 1.54) is 6.20 Å². The minimum absolute atomic E-state index is 0.0319. The second-order valence-corrected chi connectivity index (χ2v) is 5.70. The molecule has 6 nitrogen and oxygen atoms in total. The molecule has 2 aromatic heterocycles. The molecule has 3 rings (SSSR count). The van der Waals surface area contributed by atoms with E-state index in [9.17, 15) is 4.79 Å². The van der Waals surface area contributed by atoms with Crippen LogP contribution in [0.25, 0.3) is 11.4 Å². The Bertz CT molecular complexity index is 884. The Morgan fingerprint density at radius 3 is 2.62 bits per heavy atom. The average Bonchev–Trinajstić information content (AvgIpc) is 3.07. The number of ether oxygens (including phenoxy) is 1. The number of hydrogen-bond donors (Lipinski definition) is 0. The van der Waals surface area contributed by atoms with Gasteiger partial charge in [-0.25, -0.2) is 9.78 Å². The predicted molar refractivity (Wildman–Crippen MR) is 88.1 cm³/mol. The summed E-state index contributed by atoms with van der Waals surface area (Å²) in [7, 11) is 0. The van der Waals surface area contributed by atoms with Crippen LogP contribution < -0.4 is 0 Å². The average molecular weight is 385 g/mol. The first kappa shape index (κ1) is 16.7. The van der Waals surface area contributed by atoms with Crippen LogP contribution in [0.2, 0.25) is 15.1 Å². The van der Waals surface area contributed by atoms with Gasteiger partial charge in [0.05, 0.1) is 15.1 Å². The molecule has 0 N–H and O–H groups in total. The number of nitrogens with zero attached hydrogens (tertiary/aromatic N) is 3. The number of carbonyl (C=O) groups excluding carboxylic acids is 1. The maximum atomic E-state index is 12.0. The summed E-state index contributed by atoms with van der Waals surface area (Å²) < 4.78 is 10.1. The van der Waals surface area contributed by atoms with E-state index in [4.69, 9.17) is 44.1 Å². The first-order chi connectivity index (χ1) is 11.6. The van der Waals surface area contributed by atoms with E-state index in [-0.39, 0.29) is 33.3 Å². The molecule has 0 bridgehead atoms. The molecule has 3 aromatic rings. The Morgan fingerprint density at radius 1 is 1.12 bits per heavy atom. The van der Waals surface area contributed by atoms with E-state index in [0.29, 0.717) is 5.82 Å². The Kier molecular flexibility index (Phi) is 4.99. The second kappa shape index (κ2) is 7.17. The van der Waals surface area contributed by atoms with E-state index in [1.807, 2.05) is 30.3 Å². The van der Waals surface area contributed by atoms with Crippen LogP contribution in [-0.2, 0) is 11.3 Å². The highest BCUT2D eigenvalue weighted by atomic mass is 35.5. The van der Waals surface area contributed by atoms with Crippen molar-refractivity contribution in [1.82, 2.24) is 15.1 Å². The highest BCUT2D eigenvalue weighted by Gasteiger charge is 2.19. The van der Waals surface area contributed by atoms with E-state index >= 15 is 0 Å². The first-order valence-electron chi connectivity index (χ1n) is 6.61. The number of esters is 1. The minimum Gasteiger partial charge on any atom is -0.451 e. The molecular formula is C15H8Cl3N3O3. The van der Waals surface area contributed by atoms with Gasteiger partial charge in [0.15, 0.2) is 12.3 Å². The SMILES string of the molecule is O=C(OCc1nc(-c2ccccc2)no1)c1ncc(Cl)c(Cl)c1Cl. The molecule has 0 unspecified atom stereocenters. The summed E-state index contributed by atoms with van der Waals surface area (Å²) in [6.45, 7) is -0.225. The lowest BCUT2D eigenvalue weighted by atomic mass is 10.2. The van der Waals surface area contributed by atoms with Gasteiger partial charge in [-0.15, -0.1) is 0 Å². The summed E-state index contributed by atoms with van der Waals surface area (Å²) >= 11 is 17.6. The zero-order valence-electron chi connectivity index (χ0n) is 11.9. The molecular weight excluding hydrogens is 377 g/mol. The third-order valence-corrected chi connectivity index (χ3v) is 4.18. The summed E-state index contributed by atoms with van der Waals surface area (Å²) in [5, 5.41) is 3.92. The van der Waals surface area contributed by atoms with Crippen molar-refractivity contribution >= 4 is 40.8 Å². The van der Waals surface area contributed by atoms with E-state index in [0.717, 1.165) is 5.56 Å². The Labute approximate surface area is 151 Å². The molecule has 0 fully saturated rings. The van der Waals surface area contributed by atoms with Gasteiger partial charge in [-0.05, 0) is 0 Å². The van der Waals surface area contributed by atoms with E-state index < -0.39 is 5.97 Å². The fourth-order valence-corrected chi connectivity index (χ4v) is 2.36. The summed E-state index contributed by atoms with van der Waals surface area (Å²) in [6, 6.07) is 9.24. The van der Waals surface area contributed by atoms with Crippen molar-refractivity contribution in [2.45, 2.75) is 6.61 Å². The molecule has 24 heavy (non-hydrogen) atoms. The maximum Gasteiger partial charge on any atom is 0.359 e. The van der Waals surface area contributed by atoms with Crippen LogP contribution in [0, 0.1) is 0 Å². The lowest BCUT2D eigenvalue weighted by molar-refractivity contribution is 0.0423. The quantitative estimate of drug-likeness (QED) is 0.618. The highest BCUT2D eigenvalue weighted by molar-refractivity contribution is 6.48. The van der Waals surface area contributed by atoms with Crippen molar-refractivity contribution in [3.05, 3.63) is 63.2 Å². The van der Waals surface area contributed by atoms with Crippen LogP contribution in [0.3, 0.4) is 0 Å². The molecule has 0 aliphatic carbocycles. The molecule has 0 amide bonds. The van der Waals surface area contributed by atoms with Crippen molar-refractivity contribution in [1.29, 1.82) is 0 Å². The van der Waals surface area contributed by atoms with Crippen LogP contribution in [-0.4, -0.2) is 21.1 Å². The molecule has 1 aromatic carbocycles. The number of halogens is 3. The van der Waals surface area contributed by atoms with Gasteiger partial charge in [-0.2, -0.15) is 4.98 Å². The third-order valence-electron chi connectivity index (χ3n) is 2.94. The number of rotatable bonds is 4. The molecule has 0 spiro atoms. The van der Waals surface area contributed by atoms with Gasteiger partial charge < -0.3 is 9.26 Å². The Morgan fingerprint density at radius 2 is 1.88 bits per heavy atom. The zero-order chi connectivity index (χ0) is 17.1. The first-order valence-corrected chi connectivity index (χ1v) is 7.74. The van der Waals surface area contributed by atoms with Crippen molar-refractivity contribution in [2.75, 3.05) is 0 Å². The van der Waals surface area contributed by atoms with Crippen molar-refractivity contribution in [3.63, 3.8) is 0 Å². The van der Waals surface area contributed by atoms with E-state index in [2.05, 4.69) is 15.1 Å². The zero-order valence-corrected chi connectivity index (χ0v) is 14.1. The van der Waals surface area contributed by atoms with Gasteiger partial charge in [-0.1, -0.05) is 70.3 Å². The van der Waals surface area contributed by atoms with Gasteiger partial charge in [0.1, 0.15) is 0 Å². The Balaban J connectivity index is 1.69. The lowest BCUT2D eigenvalue weighted by Crippen LogP contribution is -2.08. The number of hydrogen-bond acceptors (Lipinski definition) is 6. The van der Waals surface area contributed by atoms with Crippen LogP contribution in [0.1, 0.15) is 16.4 Å². The molecule has 0 saturated carbocycles. The molecule has 122 valence electrons. The lowest BCUT2D eigenvalue weighted by Gasteiger charge is -2.05. The monoisotopic (exact) mass is 383 g/mol. The number of pyridine rings is 1. The van der Waals surface area contributed by atoms with Crippen LogP contribution >= 0.6 is 34.8 Å². The van der Waals surface area contributed by atoms with Gasteiger partial charge >= 0.3 is 5.97 Å². The molecule has 0 aliphatic heterocycles. The van der Waals surface area contributed by atoms with Crippen molar-refractivity contribution in [3.8, 4) is 11.4 Å². The second-order valence-electron chi connectivity index (χ2n) is 4.54. The molecule has 0 saturated heterocycles. The fraction of sp³-hybridized carbons (Fsp3) is 0.0667. The molecule has 9 heteroatoms. The van der Waals surface area contributed by atoms with Gasteiger partial charge in [0.25, 0.3) is 5.89 Å². The fourth-order valence-electron chi connectivity index (χ4n) is 1.80. The molecule has 0 aliphatic rings. The highest BCUT2D eigenvalue weighted by Crippen LogP contribution is 2.31. The molecule has 2 heterocycles. The topological polar surface area (TPSA) is 78.1 Å². The molecule has 0 radical (unpaired) electrons. The van der Waals surface area contributed by atoms with Crippen LogP contribution in [0.5, 0.6) is 0 Å². The normalized spacial score (nSPS) is 10.6. The Hall–Kier alpha value is -2.15. The summed E-state index contributed by atoms with van der Waals surface area (Å²) in [5.41, 5.74) is 0.641. The predicted octanol–water partition coefficient (Wildman–Crippen LogP) is 4.45. The number of benzene rings is 1. The number of carbonyl (C=O) groups is 1. The standard InChI is InChI=1S/C15H8Cl3N3O3/c16-9-6-19-13(12(18)11(9)17)15(22)23-7-10-20-14(21-24-10)8-4-2-1-3-5-8/h1-6H,7H2.